The summed E-state index contributed by atoms with van der Waals surface area (Å²) in [6.07, 6.45) is 0.859. The predicted molar refractivity (Wildman–Crippen MR) is 75.2 cm³/mol. The molecule has 1 atom stereocenters. The van der Waals surface area contributed by atoms with Crippen molar-refractivity contribution in [3.05, 3.63) is 35.9 Å². The van der Waals surface area contributed by atoms with Crippen molar-refractivity contribution < 1.29 is 4.79 Å². The number of carbonyl (C=O) groups excluding carboxylic acids is 1. The van der Waals surface area contributed by atoms with Crippen LogP contribution in [0, 0.1) is 11.3 Å². The quantitative estimate of drug-likeness (QED) is 0.845. The minimum absolute atomic E-state index is 0.0580. The van der Waals surface area contributed by atoms with Crippen molar-refractivity contribution >= 4 is 5.91 Å². The Morgan fingerprint density at radius 3 is 2.53 bits per heavy atom. The van der Waals surface area contributed by atoms with Crippen molar-refractivity contribution in [2.24, 2.45) is 5.73 Å². The summed E-state index contributed by atoms with van der Waals surface area (Å²) in [5, 5.41) is 8.63. The Hall–Kier alpha value is -1.86. The van der Waals surface area contributed by atoms with Gasteiger partial charge in [0.05, 0.1) is 18.5 Å². The third-order valence-electron chi connectivity index (χ3n) is 2.99. The summed E-state index contributed by atoms with van der Waals surface area (Å²) >= 11 is 0. The number of carbonyl (C=O) groups is 1. The highest BCUT2D eigenvalue weighted by atomic mass is 16.2. The van der Waals surface area contributed by atoms with Crippen LogP contribution < -0.4 is 5.73 Å². The van der Waals surface area contributed by atoms with Crippen LogP contribution in [-0.4, -0.2) is 29.4 Å². The summed E-state index contributed by atoms with van der Waals surface area (Å²) in [6, 6.07) is 11.3. The number of nitrogens with zero attached hydrogens (tertiary/aromatic N) is 2. The lowest BCUT2D eigenvalue weighted by Gasteiger charge is -2.28. The minimum atomic E-state index is -0.552. The van der Waals surface area contributed by atoms with Gasteiger partial charge in [-0.3, -0.25) is 4.79 Å². The normalized spacial score (nSPS) is 11.9. The Kier molecular flexibility index (Phi) is 6.04. The zero-order valence-electron chi connectivity index (χ0n) is 11.5. The standard InChI is InChI=1S/C15H21N3O/c1-12(2)18(10-6-9-16)15(19)14(17)11-13-7-4-3-5-8-13/h3-5,7-8,12,14H,6,10-11,17H2,1-2H3/t14-/m0/s1. The molecule has 0 radical (unpaired) electrons. The van der Waals surface area contributed by atoms with Crippen molar-refractivity contribution in [1.29, 1.82) is 5.26 Å². The molecule has 0 aromatic heterocycles. The number of rotatable bonds is 6. The molecule has 0 saturated carbocycles. The van der Waals surface area contributed by atoms with E-state index >= 15 is 0 Å². The first-order valence-corrected chi connectivity index (χ1v) is 6.53. The second-order valence-electron chi connectivity index (χ2n) is 4.83. The maximum Gasteiger partial charge on any atom is 0.240 e. The van der Waals surface area contributed by atoms with Gasteiger partial charge in [0, 0.05) is 12.6 Å². The van der Waals surface area contributed by atoms with E-state index in [1.54, 1.807) is 4.90 Å². The van der Waals surface area contributed by atoms with Crippen LogP contribution in [0.2, 0.25) is 0 Å². The van der Waals surface area contributed by atoms with Crippen LogP contribution in [0.25, 0.3) is 0 Å². The third-order valence-corrected chi connectivity index (χ3v) is 2.99. The van der Waals surface area contributed by atoms with Crippen molar-refractivity contribution in [3.63, 3.8) is 0 Å². The molecule has 1 amide bonds. The predicted octanol–water partition coefficient (Wildman–Crippen LogP) is 1.71. The molecule has 0 bridgehead atoms. The van der Waals surface area contributed by atoms with E-state index in [0.717, 1.165) is 5.56 Å². The van der Waals surface area contributed by atoms with E-state index in [2.05, 4.69) is 6.07 Å². The van der Waals surface area contributed by atoms with Crippen molar-refractivity contribution in [3.8, 4) is 6.07 Å². The highest BCUT2D eigenvalue weighted by Crippen LogP contribution is 2.07. The number of nitriles is 1. The third kappa shape index (κ3) is 4.72. The van der Waals surface area contributed by atoms with Gasteiger partial charge in [0.1, 0.15) is 0 Å². The Balaban J connectivity index is 2.66. The summed E-state index contributed by atoms with van der Waals surface area (Å²) in [5.41, 5.74) is 7.03. The Morgan fingerprint density at radius 1 is 1.37 bits per heavy atom. The van der Waals surface area contributed by atoms with Gasteiger partial charge in [-0.2, -0.15) is 5.26 Å². The average Bonchev–Trinajstić information content (AvgIpc) is 2.39. The van der Waals surface area contributed by atoms with E-state index in [-0.39, 0.29) is 11.9 Å². The Morgan fingerprint density at radius 2 is 2.00 bits per heavy atom. The molecule has 0 unspecified atom stereocenters. The second-order valence-corrected chi connectivity index (χ2v) is 4.83. The summed E-state index contributed by atoms with van der Waals surface area (Å²) in [4.78, 5) is 14.0. The van der Waals surface area contributed by atoms with E-state index in [1.807, 2.05) is 44.2 Å². The molecule has 0 heterocycles. The van der Waals surface area contributed by atoms with E-state index < -0.39 is 6.04 Å². The van der Waals surface area contributed by atoms with Gasteiger partial charge in [-0.25, -0.2) is 0 Å². The number of nitrogens with two attached hydrogens (primary N) is 1. The van der Waals surface area contributed by atoms with Crippen LogP contribution in [0.5, 0.6) is 0 Å². The van der Waals surface area contributed by atoms with Crippen molar-refractivity contribution in [1.82, 2.24) is 4.90 Å². The van der Waals surface area contributed by atoms with Gasteiger partial charge in [0.15, 0.2) is 0 Å². The second kappa shape index (κ2) is 7.55. The lowest BCUT2D eigenvalue weighted by molar-refractivity contribution is -0.134. The van der Waals surface area contributed by atoms with Crippen molar-refractivity contribution in [2.45, 2.75) is 38.8 Å². The SMILES string of the molecule is CC(C)N(CCC#N)C(=O)[C@@H](N)Cc1ccccc1. The van der Waals surface area contributed by atoms with E-state index in [1.165, 1.54) is 0 Å². The fraction of sp³-hybridized carbons (Fsp3) is 0.467. The molecule has 2 N–H and O–H groups in total. The molecule has 0 aliphatic rings. The van der Waals surface area contributed by atoms with E-state index in [4.69, 9.17) is 11.0 Å². The minimum Gasteiger partial charge on any atom is -0.338 e. The van der Waals surface area contributed by atoms with Crippen LogP contribution in [0.15, 0.2) is 30.3 Å². The van der Waals surface area contributed by atoms with E-state index in [0.29, 0.717) is 19.4 Å². The zero-order chi connectivity index (χ0) is 14.3. The van der Waals surface area contributed by atoms with Gasteiger partial charge in [-0.05, 0) is 25.8 Å². The first kappa shape index (κ1) is 15.2. The van der Waals surface area contributed by atoms with Gasteiger partial charge in [-0.1, -0.05) is 30.3 Å². The van der Waals surface area contributed by atoms with E-state index in [9.17, 15) is 4.79 Å². The molecule has 1 aromatic rings. The zero-order valence-corrected chi connectivity index (χ0v) is 11.5. The van der Waals surface area contributed by atoms with Crippen LogP contribution in [-0.2, 0) is 11.2 Å². The molecule has 0 spiro atoms. The molecule has 0 aliphatic heterocycles. The lowest BCUT2D eigenvalue weighted by Crippen LogP contribution is -2.48. The summed E-state index contributed by atoms with van der Waals surface area (Å²) in [7, 11) is 0. The molecule has 0 fully saturated rings. The summed E-state index contributed by atoms with van der Waals surface area (Å²) < 4.78 is 0. The highest BCUT2D eigenvalue weighted by molar-refractivity contribution is 5.82. The molecule has 4 nitrogen and oxygen atoms in total. The number of amides is 1. The van der Waals surface area contributed by atoms with Crippen LogP contribution >= 0.6 is 0 Å². The van der Waals surface area contributed by atoms with Crippen molar-refractivity contribution in [2.75, 3.05) is 6.54 Å². The number of benzene rings is 1. The fourth-order valence-electron chi connectivity index (χ4n) is 1.96. The first-order chi connectivity index (χ1) is 9.06. The maximum absolute atomic E-state index is 12.3. The molecule has 4 heteroatoms. The van der Waals surface area contributed by atoms with Crippen LogP contribution in [0.1, 0.15) is 25.8 Å². The molecular formula is C15H21N3O. The van der Waals surface area contributed by atoms with Crippen LogP contribution in [0.3, 0.4) is 0 Å². The molecule has 0 saturated heterocycles. The number of hydrogen-bond donors (Lipinski definition) is 1. The molecule has 19 heavy (non-hydrogen) atoms. The summed E-state index contributed by atoms with van der Waals surface area (Å²) in [5.74, 6) is -0.0888. The topological polar surface area (TPSA) is 70.1 Å². The Labute approximate surface area is 114 Å². The largest absolute Gasteiger partial charge is 0.338 e. The van der Waals surface area contributed by atoms with Crippen LogP contribution in [0.4, 0.5) is 0 Å². The maximum atomic E-state index is 12.3. The summed E-state index contributed by atoms with van der Waals surface area (Å²) in [6.45, 7) is 4.31. The van der Waals surface area contributed by atoms with Gasteiger partial charge in [0.25, 0.3) is 0 Å². The smallest absolute Gasteiger partial charge is 0.240 e. The monoisotopic (exact) mass is 259 g/mol. The van der Waals surface area contributed by atoms with Gasteiger partial charge in [0.2, 0.25) is 5.91 Å². The first-order valence-electron chi connectivity index (χ1n) is 6.53. The molecule has 1 rings (SSSR count). The Bertz CT molecular complexity index is 436. The average molecular weight is 259 g/mol. The van der Waals surface area contributed by atoms with Gasteiger partial charge < -0.3 is 10.6 Å². The lowest BCUT2D eigenvalue weighted by atomic mass is 10.0. The molecule has 0 aliphatic carbocycles. The highest BCUT2D eigenvalue weighted by Gasteiger charge is 2.22. The molecular weight excluding hydrogens is 238 g/mol. The van der Waals surface area contributed by atoms with Gasteiger partial charge >= 0.3 is 0 Å². The fourth-order valence-corrected chi connectivity index (χ4v) is 1.96. The molecule has 1 aromatic carbocycles. The van der Waals surface area contributed by atoms with Gasteiger partial charge in [-0.15, -0.1) is 0 Å². The number of hydrogen-bond acceptors (Lipinski definition) is 3. The molecule has 102 valence electrons.